The summed E-state index contributed by atoms with van der Waals surface area (Å²) in [6.07, 6.45) is 0. The van der Waals surface area contributed by atoms with Crippen LogP contribution in [0.15, 0.2) is 24.3 Å². The van der Waals surface area contributed by atoms with E-state index in [1.807, 2.05) is 32.0 Å². The molecule has 1 aliphatic rings. The lowest BCUT2D eigenvalue weighted by Gasteiger charge is -2.25. The molecule has 4 heteroatoms. The molecule has 0 radical (unpaired) electrons. The molecule has 4 nitrogen and oxygen atoms in total. The maximum absolute atomic E-state index is 12.1. The molecule has 98 valence electrons. The van der Waals surface area contributed by atoms with Crippen LogP contribution in [0.2, 0.25) is 0 Å². The van der Waals surface area contributed by atoms with Crippen LogP contribution in [0, 0.1) is 5.92 Å². The number of carbonyl (C=O) groups is 1. The quantitative estimate of drug-likeness (QED) is 0.795. The van der Waals surface area contributed by atoms with Gasteiger partial charge in [0, 0.05) is 13.1 Å². The summed E-state index contributed by atoms with van der Waals surface area (Å²) >= 11 is 0. The standard InChI is InChI=1S/C14H20N2O2/c1-10(2)9-18-16-14(17)13-8-15-7-11-5-3-4-6-12(11)13/h3-6,10,13,15H,7-9H2,1-2H3,(H,16,17). The van der Waals surface area contributed by atoms with Crippen molar-refractivity contribution < 1.29 is 9.63 Å². The minimum absolute atomic E-state index is 0.0738. The maximum atomic E-state index is 12.1. The summed E-state index contributed by atoms with van der Waals surface area (Å²) < 4.78 is 0. The van der Waals surface area contributed by atoms with Crippen LogP contribution in [0.4, 0.5) is 0 Å². The van der Waals surface area contributed by atoms with Crippen molar-refractivity contribution >= 4 is 5.91 Å². The normalized spacial score (nSPS) is 18.5. The van der Waals surface area contributed by atoms with Gasteiger partial charge in [0.25, 0.3) is 5.91 Å². The number of amides is 1. The fraction of sp³-hybridized carbons (Fsp3) is 0.500. The zero-order valence-electron chi connectivity index (χ0n) is 10.9. The Kier molecular flexibility index (Phi) is 4.33. The summed E-state index contributed by atoms with van der Waals surface area (Å²) in [5, 5.41) is 3.25. The van der Waals surface area contributed by atoms with E-state index in [9.17, 15) is 4.79 Å². The predicted octanol–water partition coefficient (Wildman–Crippen LogP) is 1.58. The molecule has 1 aromatic rings. The summed E-state index contributed by atoms with van der Waals surface area (Å²) in [5.74, 6) is 0.166. The number of nitrogens with one attached hydrogen (secondary N) is 2. The molecule has 1 aromatic carbocycles. The highest BCUT2D eigenvalue weighted by Gasteiger charge is 2.26. The molecule has 0 saturated carbocycles. The fourth-order valence-electron chi connectivity index (χ4n) is 2.08. The van der Waals surface area contributed by atoms with Gasteiger partial charge in [-0.2, -0.15) is 0 Å². The summed E-state index contributed by atoms with van der Waals surface area (Å²) in [6, 6.07) is 8.04. The highest BCUT2D eigenvalue weighted by molar-refractivity contribution is 5.83. The molecule has 1 aliphatic heterocycles. The summed E-state index contributed by atoms with van der Waals surface area (Å²) in [5.41, 5.74) is 4.83. The summed E-state index contributed by atoms with van der Waals surface area (Å²) in [6.45, 7) is 6.11. The molecule has 0 aliphatic carbocycles. The van der Waals surface area contributed by atoms with Gasteiger partial charge in [-0.15, -0.1) is 0 Å². The van der Waals surface area contributed by atoms with Crippen molar-refractivity contribution in [3.05, 3.63) is 35.4 Å². The lowest BCUT2D eigenvalue weighted by Crippen LogP contribution is -2.39. The van der Waals surface area contributed by atoms with Gasteiger partial charge in [-0.1, -0.05) is 38.1 Å². The Hall–Kier alpha value is -1.39. The number of benzene rings is 1. The van der Waals surface area contributed by atoms with Gasteiger partial charge >= 0.3 is 0 Å². The Balaban J connectivity index is 1.99. The highest BCUT2D eigenvalue weighted by atomic mass is 16.6. The molecule has 2 rings (SSSR count). The second-order valence-electron chi connectivity index (χ2n) is 5.05. The van der Waals surface area contributed by atoms with Gasteiger partial charge in [-0.05, 0) is 17.0 Å². The zero-order valence-corrected chi connectivity index (χ0v) is 10.9. The van der Waals surface area contributed by atoms with Crippen molar-refractivity contribution in [1.29, 1.82) is 0 Å². The number of carbonyl (C=O) groups excluding carboxylic acids is 1. The second kappa shape index (κ2) is 5.98. The minimum atomic E-state index is -0.165. The third-order valence-electron chi connectivity index (χ3n) is 3.00. The van der Waals surface area contributed by atoms with Crippen molar-refractivity contribution in [2.75, 3.05) is 13.2 Å². The molecular weight excluding hydrogens is 228 g/mol. The molecule has 0 saturated heterocycles. The molecule has 18 heavy (non-hydrogen) atoms. The first-order valence-electron chi connectivity index (χ1n) is 6.38. The van der Waals surface area contributed by atoms with E-state index in [2.05, 4.69) is 16.9 Å². The van der Waals surface area contributed by atoms with Crippen LogP contribution >= 0.6 is 0 Å². The number of rotatable bonds is 4. The molecule has 1 atom stereocenters. The number of hydroxylamine groups is 1. The van der Waals surface area contributed by atoms with Gasteiger partial charge < -0.3 is 5.32 Å². The molecule has 1 heterocycles. The predicted molar refractivity (Wildman–Crippen MR) is 69.8 cm³/mol. The van der Waals surface area contributed by atoms with E-state index in [1.54, 1.807) is 0 Å². The Morgan fingerprint density at radius 3 is 3.06 bits per heavy atom. The number of fused-ring (bicyclic) bond motifs is 1. The smallest absolute Gasteiger partial charge is 0.252 e. The van der Waals surface area contributed by atoms with Crippen molar-refractivity contribution in [1.82, 2.24) is 10.8 Å². The molecule has 1 amide bonds. The second-order valence-corrected chi connectivity index (χ2v) is 5.05. The minimum Gasteiger partial charge on any atom is -0.312 e. The Bertz CT molecular complexity index is 418. The van der Waals surface area contributed by atoms with Crippen LogP contribution in [0.1, 0.15) is 30.9 Å². The summed E-state index contributed by atoms with van der Waals surface area (Å²) in [7, 11) is 0. The molecule has 1 unspecified atom stereocenters. The van der Waals surface area contributed by atoms with Crippen LogP contribution in [0.3, 0.4) is 0 Å². The molecule has 2 N–H and O–H groups in total. The third-order valence-corrected chi connectivity index (χ3v) is 3.00. The Morgan fingerprint density at radius 2 is 2.28 bits per heavy atom. The monoisotopic (exact) mass is 248 g/mol. The number of hydrogen-bond donors (Lipinski definition) is 2. The van der Waals surface area contributed by atoms with Gasteiger partial charge in [0.1, 0.15) is 0 Å². The lowest BCUT2D eigenvalue weighted by molar-refractivity contribution is -0.136. The first-order chi connectivity index (χ1) is 8.68. The van der Waals surface area contributed by atoms with Gasteiger partial charge in [-0.25, -0.2) is 5.48 Å². The van der Waals surface area contributed by atoms with Crippen LogP contribution in [-0.4, -0.2) is 19.1 Å². The average Bonchev–Trinajstić information content (AvgIpc) is 2.37. The molecule has 0 bridgehead atoms. The first-order valence-corrected chi connectivity index (χ1v) is 6.38. The van der Waals surface area contributed by atoms with E-state index in [0.717, 1.165) is 12.1 Å². The highest BCUT2D eigenvalue weighted by Crippen LogP contribution is 2.23. The Labute approximate surface area is 108 Å². The lowest BCUT2D eigenvalue weighted by atomic mass is 9.90. The number of hydrogen-bond acceptors (Lipinski definition) is 3. The first kappa shape index (κ1) is 13.1. The third kappa shape index (κ3) is 3.09. The van der Waals surface area contributed by atoms with E-state index < -0.39 is 0 Å². The molecule has 0 aromatic heterocycles. The van der Waals surface area contributed by atoms with Gasteiger partial charge in [0.15, 0.2) is 0 Å². The van der Waals surface area contributed by atoms with Gasteiger partial charge in [-0.3, -0.25) is 9.63 Å². The zero-order chi connectivity index (χ0) is 13.0. The summed E-state index contributed by atoms with van der Waals surface area (Å²) in [4.78, 5) is 17.3. The van der Waals surface area contributed by atoms with Gasteiger partial charge in [0.2, 0.25) is 0 Å². The fourth-order valence-corrected chi connectivity index (χ4v) is 2.08. The maximum Gasteiger partial charge on any atom is 0.252 e. The SMILES string of the molecule is CC(C)CONC(=O)C1CNCc2ccccc21. The van der Waals surface area contributed by atoms with Crippen LogP contribution in [0.5, 0.6) is 0 Å². The topological polar surface area (TPSA) is 50.4 Å². The average molecular weight is 248 g/mol. The van der Waals surface area contributed by atoms with Crippen molar-refractivity contribution in [2.45, 2.75) is 26.3 Å². The van der Waals surface area contributed by atoms with Crippen molar-refractivity contribution in [2.24, 2.45) is 5.92 Å². The van der Waals surface area contributed by atoms with E-state index >= 15 is 0 Å². The van der Waals surface area contributed by atoms with E-state index in [1.165, 1.54) is 5.56 Å². The van der Waals surface area contributed by atoms with Crippen molar-refractivity contribution in [3.63, 3.8) is 0 Å². The van der Waals surface area contributed by atoms with Crippen molar-refractivity contribution in [3.8, 4) is 0 Å². The van der Waals surface area contributed by atoms with Crippen LogP contribution < -0.4 is 10.8 Å². The van der Waals surface area contributed by atoms with Crippen LogP contribution in [-0.2, 0) is 16.2 Å². The van der Waals surface area contributed by atoms with E-state index in [4.69, 9.17) is 4.84 Å². The molecule has 0 spiro atoms. The van der Waals surface area contributed by atoms with E-state index in [-0.39, 0.29) is 11.8 Å². The van der Waals surface area contributed by atoms with Gasteiger partial charge in [0.05, 0.1) is 12.5 Å². The van der Waals surface area contributed by atoms with E-state index in [0.29, 0.717) is 19.1 Å². The Morgan fingerprint density at radius 1 is 1.50 bits per heavy atom. The molecule has 0 fully saturated rings. The largest absolute Gasteiger partial charge is 0.312 e. The van der Waals surface area contributed by atoms with Crippen LogP contribution in [0.25, 0.3) is 0 Å². The molecular formula is C14H20N2O2.